The molecule has 0 aromatic carbocycles. The maximum absolute atomic E-state index is 12.9. The third kappa shape index (κ3) is 8.43. The van der Waals surface area contributed by atoms with Crippen LogP contribution < -0.4 is 5.32 Å². The number of hydrogen-bond donors (Lipinski definition) is 1. The Morgan fingerprint density at radius 1 is 1.32 bits per heavy atom. The number of nitrogens with zero attached hydrogens (tertiary/aromatic N) is 2. The molecule has 0 aliphatic carbocycles. The smallest absolute Gasteiger partial charge is 0.224 e. The Morgan fingerprint density at radius 3 is 2.96 bits per heavy atom. The van der Waals surface area contributed by atoms with Crippen LogP contribution in [0.15, 0.2) is 24.4 Å². The second kappa shape index (κ2) is 13.4. The summed E-state index contributed by atoms with van der Waals surface area (Å²) in [5.74, 6) is 2.39. The average molecular weight is 386 g/mol. The monoisotopic (exact) mass is 385 g/mol. The number of rotatable bonds is 9. The Kier molecular flexibility index (Phi) is 12.0. The van der Waals surface area contributed by atoms with E-state index in [1.165, 1.54) is 12.8 Å². The predicted octanol–water partition coefficient (Wildman–Crippen LogP) is 3.90. The zero-order valence-electron chi connectivity index (χ0n) is 15.3. The van der Waals surface area contributed by atoms with E-state index in [0.717, 1.165) is 49.6 Å². The van der Waals surface area contributed by atoms with Crippen molar-refractivity contribution in [1.82, 2.24) is 15.2 Å². The lowest BCUT2D eigenvalue weighted by molar-refractivity contribution is -0.134. The molecule has 1 N–H and O–H groups in total. The van der Waals surface area contributed by atoms with Gasteiger partial charge in [0.25, 0.3) is 0 Å². The van der Waals surface area contributed by atoms with Gasteiger partial charge in [0.15, 0.2) is 0 Å². The van der Waals surface area contributed by atoms with Crippen LogP contribution in [0.5, 0.6) is 0 Å². The number of halogens is 1. The molecule has 4 nitrogen and oxygen atoms in total. The van der Waals surface area contributed by atoms with Crippen LogP contribution in [-0.2, 0) is 11.3 Å². The van der Waals surface area contributed by atoms with Gasteiger partial charge in [0.2, 0.25) is 5.91 Å². The zero-order valence-corrected chi connectivity index (χ0v) is 16.9. The van der Waals surface area contributed by atoms with E-state index in [4.69, 9.17) is 0 Å². The van der Waals surface area contributed by atoms with Crippen LogP contribution in [-0.4, -0.2) is 46.4 Å². The lowest BCUT2D eigenvalue weighted by Crippen LogP contribution is -2.40. The summed E-state index contributed by atoms with van der Waals surface area (Å²) < 4.78 is 0. The molecule has 1 aliphatic heterocycles. The van der Waals surface area contributed by atoms with Gasteiger partial charge in [0.1, 0.15) is 0 Å². The highest BCUT2D eigenvalue weighted by Crippen LogP contribution is 2.18. The zero-order chi connectivity index (χ0) is 17.0. The number of carbonyl (C=O) groups is 1. The summed E-state index contributed by atoms with van der Waals surface area (Å²) in [6, 6.07) is 6.29. The summed E-state index contributed by atoms with van der Waals surface area (Å²) in [6.45, 7) is 4.92. The van der Waals surface area contributed by atoms with E-state index in [0.29, 0.717) is 19.0 Å². The van der Waals surface area contributed by atoms with Crippen molar-refractivity contribution in [3.8, 4) is 0 Å². The van der Waals surface area contributed by atoms with Gasteiger partial charge in [-0.25, -0.2) is 0 Å². The molecule has 0 radical (unpaired) electrons. The molecule has 1 amide bonds. The molecule has 142 valence electrons. The van der Waals surface area contributed by atoms with E-state index in [-0.39, 0.29) is 18.3 Å². The highest BCUT2D eigenvalue weighted by atomic mass is 35.5. The van der Waals surface area contributed by atoms with E-state index >= 15 is 0 Å². The summed E-state index contributed by atoms with van der Waals surface area (Å²) in [7, 11) is 0. The summed E-state index contributed by atoms with van der Waals surface area (Å²) in [4.78, 5) is 19.4. The Bertz CT molecular complexity index is 467. The second-order valence-corrected chi connectivity index (χ2v) is 7.62. The number of hydrogen-bond acceptors (Lipinski definition) is 4. The first-order chi connectivity index (χ1) is 11.8. The van der Waals surface area contributed by atoms with E-state index in [2.05, 4.69) is 22.1 Å². The number of thioether (sulfide) groups is 1. The molecule has 2 heterocycles. The molecule has 1 aliphatic rings. The van der Waals surface area contributed by atoms with Gasteiger partial charge in [0.05, 0.1) is 12.2 Å². The lowest BCUT2D eigenvalue weighted by atomic mass is 10.1. The van der Waals surface area contributed by atoms with Gasteiger partial charge >= 0.3 is 0 Å². The molecule has 1 aromatic heterocycles. The fourth-order valence-electron chi connectivity index (χ4n) is 3.05. The van der Waals surface area contributed by atoms with Gasteiger partial charge < -0.3 is 10.2 Å². The minimum Gasteiger partial charge on any atom is -0.334 e. The number of carbonyl (C=O) groups excluding carboxylic acids is 1. The van der Waals surface area contributed by atoms with Crippen LogP contribution in [0, 0.1) is 0 Å². The third-order valence-corrected chi connectivity index (χ3v) is 5.54. The molecule has 2 rings (SSSR count). The largest absolute Gasteiger partial charge is 0.334 e. The van der Waals surface area contributed by atoms with Crippen molar-refractivity contribution < 1.29 is 4.79 Å². The second-order valence-electron chi connectivity index (χ2n) is 6.39. The van der Waals surface area contributed by atoms with Crippen LogP contribution in [0.4, 0.5) is 0 Å². The van der Waals surface area contributed by atoms with E-state index in [1.54, 1.807) is 0 Å². The molecule has 0 spiro atoms. The summed E-state index contributed by atoms with van der Waals surface area (Å²) in [6.07, 6.45) is 8.20. The molecular weight excluding hydrogens is 354 g/mol. The van der Waals surface area contributed by atoms with Crippen molar-refractivity contribution in [3.05, 3.63) is 30.1 Å². The first kappa shape index (κ1) is 22.3. The fraction of sp³-hybridized carbons (Fsp3) is 0.684. The normalized spacial score (nSPS) is 17.4. The SMILES string of the molecule is CCCCSCCC(=O)N(Cc1ccccn1)C1CCCNCC1.Cl. The van der Waals surface area contributed by atoms with Gasteiger partial charge in [0, 0.05) is 24.4 Å². The number of nitrogens with one attached hydrogen (secondary N) is 1. The Morgan fingerprint density at radius 2 is 2.20 bits per heavy atom. The third-order valence-electron chi connectivity index (χ3n) is 4.47. The van der Waals surface area contributed by atoms with Crippen LogP contribution >= 0.6 is 24.2 Å². The maximum Gasteiger partial charge on any atom is 0.224 e. The number of amides is 1. The molecule has 1 aromatic rings. The molecule has 0 bridgehead atoms. The summed E-state index contributed by atoms with van der Waals surface area (Å²) in [5, 5.41) is 3.44. The number of pyridine rings is 1. The summed E-state index contributed by atoms with van der Waals surface area (Å²) >= 11 is 1.91. The van der Waals surface area contributed by atoms with Crippen molar-refractivity contribution in [2.75, 3.05) is 24.6 Å². The van der Waals surface area contributed by atoms with E-state index in [9.17, 15) is 4.79 Å². The van der Waals surface area contributed by atoms with Crippen molar-refractivity contribution in [2.45, 2.75) is 58.0 Å². The van der Waals surface area contributed by atoms with E-state index < -0.39 is 0 Å². The topological polar surface area (TPSA) is 45.2 Å². The predicted molar refractivity (Wildman–Crippen MR) is 109 cm³/mol. The van der Waals surface area contributed by atoms with Gasteiger partial charge in [-0.3, -0.25) is 9.78 Å². The maximum atomic E-state index is 12.9. The fourth-order valence-corrected chi connectivity index (χ4v) is 4.07. The lowest BCUT2D eigenvalue weighted by Gasteiger charge is -2.31. The molecule has 6 heteroatoms. The molecule has 1 fully saturated rings. The first-order valence-electron chi connectivity index (χ1n) is 9.29. The molecule has 1 unspecified atom stereocenters. The van der Waals surface area contributed by atoms with Crippen molar-refractivity contribution in [1.29, 1.82) is 0 Å². The van der Waals surface area contributed by atoms with Crippen LogP contribution in [0.25, 0.3) is 0 Å². The molecule has 1 saturated heterocycles. The average Bonchev–Trinajstić information content (AvgIpc) is 2.89. The van der Waals surface area contributed by atoms with Crippen LogP contribution in [0.3, 0.4) is 0 Å². The highest BCUT2D eigenvalue weighted by Gasteiger charge is 2.24. The number of aromatic nitrogens is 1. The van der Waals surface area contributed by atoms with Gasteiger partial charge in [-0.05, 0) is 56.7 Å². The van der Waals surface area contributed by atoms with Crippen molar-refractivity contribution >= 4 is 30.1 Å². The highest BCUT2D eigenvalue weighted by molar-refractivity contribution is 7.99. The van der Waals surface area contributed by atoms with Crippen molar-refractivity contribution in [2.24, 2.45) is 0 Å². The summed E-state index contributed by atoms with van der Waals surface area (Å²) in [5.41, 5.74) is 0.988. The minimum absolute atomic E-state index is 0. The Hall–Kier alpha value is -0.780. The molecule has 0 saturated carbocycles. The minimum atomic E-state index is 0. The first-order valence-corrected chi connectivity index (χ1v) is 10.4. The van der Waals surface area contributed by atoms with Gasteiger partial charge in [-0.15, -0.1) is 12.4 Å². The standard InChI is InChI=1S/C19H31N3OS.ClH/c1-2-3-14-24-15-10-19(23)22(16-17-7-4-5-12-21-17)18-8-6-11-20-13-9-18;/h4-5,7,12,18,20H,2-3,6,8-11,13-16H2,1H3;1H. The van der Waals surface area contributed by atoms with E-state index in [1.807, 2.05) is 36.2 Å². The van der Waals surface area contributed by atoms with Gasteiger partial charge in [-0.2, -0.15) is 11.8 Å². The molecule has 1 atom stereocenters. The van der Waals surface area contributed by atoms with Crippen LogP contribution in [0.1, 0.15) is 51.1 Å². The Balaban J connectivity index is 0.00000312. The van der Waals surface area contributed by atoms with Crippen molar-refractivity contribution in [3.63, 3.8) is 0 Å². The molecule has 25 heavy (non-hydrogen) atoms. The number of unbranched alkanes of at least 4 members (excludes halogenated alkanes) is 1. The van der Waals surface area contributed by atoms with Crippen LogP contribution in [0.2, 0.25) is 0 Å². The Labute approximate surface area is 163 Å². The molecular formula is C19H32ClN3OS. The van der Waals surface area contributed by atoms with Gasteiger partial charge in [-0.1, -0.05) is 19.4 Å². The quantitative estimate of drug-likeness (QED) is 0.655.